The van der Waals surface area contributed by atoms with Gasteiger partial charge in [-0.05, 0) is 13.3 Å². The van der Waals surface area contributed by atoms with Crippen LogP contribution in [0.4, 0.5) is 13.2 Å². The summed E-state index contributed by atoms with van der Waals surface area (Å²) in [6.07, 6.45) is -3.98. The summed E-state index contributed by atoms with van der Waals surface area (Å²) < 4.78 is 37.1. The number of hydrogen-bond donors (Lipinski definition) is 0. The number of Topliss-reactive ketones (excluding diaryl/α,β-unsaturated/α-hetero) is 1. The monoisotopic (exact) mass is 234 g/mol. The largest absolute Gasteiger partial charge is 0.389 e. The van der Waals surface area contributed by atoms with Crippen molar-refractivity contribution in [2.24, 2.45) is 7.05 Å². The van der Waals surface area contributed by atoms with E-state index in [-0.39, 0.29) is 18.6 Å². The Morgan fingerprint density at radius 1 is 1.50 bits per heavy atom. The van der Waals surface area contributed by atoms with Crippen LogP contribution in [0.15, 0.2) is 6.20 Å². The predicted molar refractivity (Wildman–Crippen MR) is 52.2 cm³/mol. The van der Waals surface area contributed by atoms with E-state index in [1.807, 2.05) is 0 Å². The number of carbonyl (C=O) groups is 1. The van der Waals surface area contributed by atoms with Crippen molar-refractivity contribution in [3.63, 3.8) is 0 Å². The number of alkyl halides is 3. The first-order chi connectivity index (χ1) is 7.31. The zero-order valence-corrected chi connectivity index (χ0v) is 9.14. The number of hydrogen-bond acceptors (Lipinski definition) is 2. The van der Waals surface area contributed by atoms with Crippen molar-refractivity contribution in [1.82, 2.24) is 9.78 Å². The molecule has 0 aliphatic heterocycles. The quantitative estimate of drug-likeness (QED) is 0.750. The van der Waals surface area contributed by atoms with Crippen molar-refractivity contribution < 1.29 is 18.0 Å². The van der Waals surface area contributed by atoms with Crippen molar-refractivity contribution in [2.75, 3.05) is 0 Å². The van der Waals surface area contributed by atoms with Crippen LogP contribution < -0.4 is 0 Å². The maximum Gasteiger partial charge on any atom is 0.389 e. The highest BCUT2D eigenvalue weighted by atomic mass is 19.4. The van der Waals surface area contributed by atoms with E-state index in [4.69, 9.17) is 0 Å². The van der Waals surface area contributed by atoms with Crippen LogP contribution >= 0.6 is 0 Å². The lowest BCUT2D eigenvalue weighted by Crippen LogP contribution is -2.09. The molecule has 0 spiro atoms. The molecule has 1 heterocycles. The van der Waals surface area contributed by atoms with Gasteiger partial charge in [-0.25, -0.2) is 0 Å². The van der Waals surface area contributed by atoms with Crippen LogP contribution in [0.2, 0.25) is 0 Å². The van der Waals surface area contributed by atoms with Crippen LogP contribution in [0.1, 0.15) is 35.3 Å². The van der Waals surface area contributed by atoms with Gasteiger partial charge in [0.15, 0.2) is 5.78 Å². The molecule has 0 fully saturated rings. The number of halogens is 3. The lowest BCUT2D eigenvalue weighted by atomic mass is 10.1. The molecular weight excluding hydrogens is 221 g/mol. The van der Waals surface area contributed by atoms with Crippen molar-refractivity contribution in [1.29, 1.82) is 0 Å². The fourth-order valence-electron chi connectivity index (χ4n) is 1.36. The van der Waals surface area contributed by atoms with Crippen LogP contribution in [0, 0.1) is 6.92 Å². The summed E-state index contributed by atoms with van der Waals surface area (Å²) in [5, 5.41) is 3.87. The first-order valence-corrected chi connectivity index (χ1v) is 4.90. The Kier molecular flexibility index (Phi) is 3.72. The maximum absolute atomic E-state index is 11.9. The van der Waals surface area contributed by atoms with Gasteiger partial charge in [0.2, 0.25) is 0 Å². The van der Waals surface area contributed by atoms with Gasteiger partial charge in [-0.3, -0.25) is 9.48 Å². The summed E-state index contributed by atoms with van der Waals surface area (Å²) >= 11 is 0. The number of nitrogens with zero attached hydrogens (tertiary/aromatic N) is 2. The summed E-state index contributed by atoms with van der Waals surface area (Å²) in [5.41, 5.74) is 1.08. The van der Waals surface area contributed by atoms with E-state index in [0.717, 1.165) is 0 Å². The van der Waals surface area contributed by atoms with E-state index in [0.29, 0.717) is 11.3 Å². The van der Waals surface area contributed by atoms with Crippen molar-refractivity contribution in [3.05, 3.63) is 17.5 Å². The molecule has 1 aromatic heterocycles. The molecule has 6 heteroatoms. The molecule has 1 aromatic rings. The van der Waals surface area contributed by atoms with Gasteiger partial charge in [-0.1, -0.05) is 0 Å². The Morgan fingerprint density at radius 3 is 2.56 bits per heavy atom. The second-order valence-corrected chi connectivity index (χ2v) is 3.66. The second-order valence-electron chi connectivity index (χ2n) is 3.66. The zero-order chi connectivity index (χ0) is 12.3. The normalized spacial score (nSPS) is 11.8. The van der Waals surface area contributed by atoms with Gasteiger partial charge in [0.1, 0.15) is 0 Å². The highest BCUT2D eigenvalue weighted by molar-refractivity contribution is 5.96. The van der Waals surface area contributed by atoms with E-state index >= 15 is 0 Å². The highest BCUT2D eigenvalue weighted by Gasteiger charge is 2.26. The van der Waals surface area contributed by atoms with Crippen LogP contribution in [-0.4, -0.2) is 21.7 Å². The Labute approximate surface area is 91.3 Å². The Balaban J connectivity index is 2.51. The predicted octanol–water partition coefficient (Wildman–Crippen LogP) is 2.64. The molecule has 0 saturated heterocycles. The number of ketones is 1. The maximum atomic E-state index is 11.9. The Hall–Kier alpha value is -1.33. The summed E-state index contributed by atoms with van der Waals surface area (Å²) in [4.78, 5) is 11.5. The fourth-order valence-corrected chi connectivity index (χ4v) is 1.36. The Morgan fingerprint density at radius 2 is 2.12 bits per heavy atom. The Bertz CT molecular complexity index is 382. The third kappa shape index (κ3) is 3.36. The molecule has 16 heavy (non-hydrogen) atoms. The lowest BCUT2D eigenvalue weighted by Gasteiger charge is -2.05. The minimum Gasteiger partial charge on any atom is -0.294 e. The molecule has 0 atom stereocenters. The van der Waals surface area contributed by atoms with Crippen molar-refractivity contribution in [3.8, 4) is 0 Å². The second kappa shape index (κ2) is 4.67. The van der Waals surface area contributed by atoms with Gasteiger partial charge in [0.25, 0.3) is 0 Å². The van der Waals surface area contributed by atoms with Gasteiger partial charge in [-0.15, -0.1) is 0 Å². The van der Waals surface area contributed by atoms with Crippen LogP contribution in [-0.2, 0) is 7.05 Å². The van der Waals surface area contributed by atoms with Gasteiger partial charge in [-0.2, -0.15) is 18.3 Å². The fraction of sp³-hybridized carbons (Fsp3) is 0.600. The van der Waals surface area contributed by atoms with Crippen LogP contribution in [0.25, 0.3) is 0 Å². The molecule has 0 bridgehead atoms. The van der Waals surface area contributed by atoms with Gasteiger partial charge in [0, 0.05) is 25.6 Å². The van der Waals surface area contributed by atoms with E-state index in [1.54, 1.807) is 14.0 Å². The summed E-state index contributed by atoms with van der Waals surface area (Å²) in [7, 11) is 1.68. The smallest absolute Gasteiger partial charge is 0.294 e. The molecular formula is C10H13F3N2O. The van der Waals surface area contributed by atoms with Gasteiger partial charge >= 0.3 is 6.18 Å². The standard InChI is InChI=1S/C10H13F3N2O/c1-7-8(6-14-15(7)2)9(16)4-3-5-10(11,12)13/h6H,3-5H2,1-2H3. The molecule has 0 unspecified atom stereocenters. The molecule has 0 aromatic carbocycles. The minimum atomic E-state index is -4.19. The SMILES string of the molecule is Cc1c(C(=O)CCCC(F)(F)F)cnn1C. The van der Waals surface area contributed by atoms with Crippen molar-refractivity contribution in [2.45, 2.75) is 32.4 Å². The highest BCUT2D eigenvalue weighted by Crippen LogP contribution is 2.23. The van der Waals surface area contributed by atoms with Crippen LogP contribution in [0.5, 0.6) is 0 Å². The summed E-state index contributed by atoms with van der Waals surface area (Å²) in [6.45, 7) is 1.71. The van der Waals surface area contributed by atoms with Gasteiger partial charge in [0.05, 0.1) is 11.8 Å². The summed E-state index contributed by atoms with van der Waals surface area (Å²) in [5.74, 6) is -0.283. The number of carbonyl (C=O) groups excluding carboxylic acids is 1. The van der Waals surface area contributed by atoms with E-state index in [1.165, 1.54) is 10.9 Å². The molecule has 90 valence electrons. The molecule has 0 amide bonds. The minimum absolute atomic E-state index is 0.0912. The molecule has 0 aliphatic carbocycles. The van der Waals surface area contributed by atoms with Crippen molar-refractivity contribution >= 4 is 5.78 Å². The van der Waals surface area contributed by atoms with E-state index < -0.39 is 12.6 Å². The molecule has 0 aliphatic rings. The molecule has 1 rings (SSSR count). The molecule has 0 radical (unpaired) electrons. The first kappa shape index (κ1) is 12.7. The zero-order valence-electron chi connectivity index (χ0n) is 9.14. The molecule has 0 saturated carbocycles. The summed E-state index contributed by atoms with van der Waals surface area (Å²) in [6, 6.07) is 0. The lowest BCUT2D eigenvalue weighted by molar-refractivity contribution is -0.135. The first-order valence-electron chi connectivity index (χ1n) is 4.90. The van der Waals surface area contributed by atoms with E-state index in [9.17, 15) is 18.0 Å². The number of aryl methyl sites for hydroxylation is 1. The molecule has 0 N–H and O–H groups in total. The van der Waals surface area contributed by atoms with Crippen LogP contribution in [0.3, 0.4) is 0 Å². The topological polar surface area (TPSA) is 34.9 Å². The number of aromatic nitrogens is 2. The number of rotatable bonds is 4. The van der Waals surface area contributed by atoms with E-state index in [2.05, 4.69) is 5.10 Å². The third-order valence-corrected chi connectivity index (χ3v) is 2.40. The third-order valence-electron chi connectivity index (χ3n) is 2.40. The average Bonchev–Trinajstić information content (AvgIpc) is 2.45. The van der Waals surface area contributed by atoms with Gasteiger partial charge < -0.3 is 0 Å². The molecule has 3 nitrogen and oxygen atoms in total. The average molecular weight is 234 g/mol.